The van der Waals surface area contributed by atoms with E-state index in [4.69, 9.17) is 4.74 Å². The van der Waals surface area contributed by atoms with E-state index in [9.17, 15) is 10.2 Å². The predicted molar refractivity (Wildman–Crippen MR) is 89.9 cm³/mol. The highest BCUT2D eigenvalue weighted by atomic mass is 16.5. The van der Waals surface area contributed by atoms with Gasteiger partial charge in [-0.15, -0.1) is 0 Å². The summed E-state index contributed by atoms with van der Waals surface area (Å²) in [5.41, 5.74) is 3.65. The molecule has 0 aliphatic carbocycles. The Morgan fingerprint density at radius 1 is 0.864 bits per heavy atom. The normalized spacial score (nSPS) is 11.5. The monoisotopic (exact) mass is 300 g/mol. The minimum absolute atomic E-state index is 0.168. The summed E-state index contributed by atoms with van der Waals surface area (Å²) < 4.78 is 5.29. The van der Waals surface area contributed by atoms with Crippen molar-refractivity contribution in [1.82, 2.24) is 0 Å². The quantitative estimate of drug-likeness (QED) is 0.846. The van der Waals surface area contributed by atoms with Crippen molar-refractivity contribution in [3.05, 3.63) is 41.0 Å². The van der Waals surface area contributed by atoms with E-state index in [-0.39, 0.29) is 16.9 Å². The minimum atomic E-state index is -0.186. The topological polar surface area (TPSA) is 49.7 Å². The van der Waals surface area contributed by atoms with Crippen LogP contribution >= 0.6 is 0 Å². The molecule has 2 aromatic carbocycles. The SMILES string of the molecule is COc1cc(C)c(O)c(-c2cc(C)cc(C(C)(C)C)c2O)c1. The smallest absolute Gasteiger partial charge is 0.127 e. The molecule has 0 aromatic heterocycles. The maximum absolute atomic E-state index is 10.7. The van der Waals surface area contributed by atoms with E-state index in [0.29, 0.717) is 22.4 Å². The number of phenols is 2. The zero-order valence-electron chi connectivity index (χ0n) is 14.1. The van der Waals surface area contributed by atoms with E-state index in [2.05, 4.69) is 20.8 Å². The minimum Gasteiger partial charge on any atom is -0.507 e. The third-order valence-electron chi connectivity index (χ3n) is 3.86. The molecule has 0 bridgehead atoms. The first-order valence-corrected chi connectivity index (χ1v) is 7.37. The summed E-state index contributed by atoms with van der Waals surface area (Å²) in [6.45, 7) is 9.98. The molecule has 3 heteroatoms. The Morgan fingerprint density at radius 2 is 1.45 bits per heavy atom. The second-order valence-corrected chi connectivity index (χ2v) is 6.80. The maximum atomic E-state index is 10.7. The Balaban J connectivity index is 2.79. The fraction of sp³-hybridized carbons (Fsp3) is 0.368. The van der Waals surface area contributed by atoms with Gasteiger partial charge in [0.05, 0.1) is 7.11 Å². The molecule has 0 unspecified atom stereocenters. The Hall–Kier alpha value is -2.16. The van der Waals surface area contributed by atoms with Crippen LogP contribution in [0.3, 0.4) is 0 Å². The third kappa shape index (κ3) is 2.89. The summed E-state index contributed by atoms with van der Waals surface area (Å²) in [5.74, 6) is 1.03. The highest BCUT2D eigenvalue weighted by Gasteiger charge is 2.23. The molecule has 22 heavy (non-hydrogen) atoms. The first-order valence-electron chi connectivity index (χ1n) is 7.37. The van der Waals surface area contributed by atoms with Crippen molar-refractivity contribution in [2.45, 2.75) is 40.0 Å². The largest absolute Gasteiger partial charge is 0.507 e. The fourth-order valence-electron chi connectivity index (χ4n) is 2.63. The second-order valence-electron chi connectivity index (χ2n) is 6.80. The molecule has 2 N–H and O–H groups in total. The van der Waals surface area contributed by atoms with Crippen LogP contribution in [-0.4, -0.2) is 17.3 Å². The number of aromatic hydroxyl groups is 2. The van der Waals surface area contributed by atoms with Crippen LogP contribution in [0.25, 0.3) is 11.1 Å². The van der Waals surface area contributed by atoms with Crippen molar-refractivity contribution in [1.29, 1.82) is 0 Å². The molecule has 0 aliphatic rings. The van der Waals surface area contributed by atoms with Gasteiger partial charge in [-0.05, 0) is 48.6 Å². The molecule has 0 heterocycles. The Labute approximate surface area is 132 Å². The van der Waals surface area contributed by atoms with Crippen molar-refractivity contribution in [2.24, 2.45) is 0 Å². The fourth-order valence-corrected chi connectivity index (χ4v) is 2.63. The van der Waals surface area contributed by atoms with E-state index >= 15 is 0 Å². The van der Waals surface area contributed by atoms with Crippen molar-refractivity contribution in [3.8, 4) is 28.4 Å². The standard InChI is InChI=1S/C19H24O3/c1-11-7-14(18(21)16(8-11)19(3,4)5)15-10-13(22-6)9-12(2)17(15)20/h7-10,20-21H,1-6H3. The first kappa shape index (κ1) is 16.2. The van der Waals surface area contributed by atoms with Gasteiger partial charge in [-0.3, -0.25) is 0 Å². The highest BCUT2D eigenvalue weighted by Crippen LogP contribution is 2.44. The van der Waals surface area contributed by atoms with Gasteiger partial charge in [0.15, 0.2) is 0 Å². The molecule has 0 atom stereocenters. The van der Waals surface area contributed by atoms with Gasteiger partial charge in [0.25, 0.3) is 0 Å². The molecule has 0 radical (unpaired) electrons. The van der Waals surface area contributed by atoms with Crippen LogP contribution in [0.1, 0.15) is 37.5 Å². The predicted octanol–water partition coefficient (Wildman–Crippen LogP) is 4.69. The number of ether oxygens (including phenoxy) is 1. The number of methoxy groups -OCH3 is 1. The van der Waals surface area contributed by atoms with Gasteiger partial charge in [-0.25, -0.2) is 0 Å². The molecule has 0 amide bonds. The molecule has 0 aliphatic heterocycles. The van der Waals surface area contributed by atoms with E-state index in [1.54, 1.807) is 19.2 Å². The van der Waals surface area contributed by atoms with Crippen LogP contribution in [0.4, 0.5) is 0 Å². The summed E-state index contributed by atoms with van der Waals surface area (Å²) in [6, 6.07) is 7.40. The van der Waals surface area contributed by atoms with Gasteiger partial charge in [0, 0.05) is 16.7 Å². The van der Waals surface area contributed by atoms with E-state index in [0.717, 1.165) is 11.1 Å². The van der Waals surface area contributed by atoms with Crippen molar-refractivity contribution in [2.75, 3.05) is 7.11 Å². The van der Waals surface area contributed by atoms with Gasteiger partial charge in [-0.1, -0.05) is 26.8 Å². The lowest BCUT2D eigenvalue weighted by Gasteiger charge is -2.23. The summed E-state index contributed by atoms with van der Waals surface area (Å²) in [5, 5.41) is 21.1. The average molecular weight is 300 g/mol. The zero-order valence-corrected chi connectivity index (χ0v) is 14.1. The van der Waals surface area contributed by atoms with Gasteiger partial charge in [0.2, 0.25) is 0 Å². The zero-order chi connectivity index (χ0) is 16.7. The molecular formula is C19H24O3. The maximum Gasteiger partial charge on any atom is 0.127 e. The second kappa shape index (κ2) is 5.56. The highest BCUT2D eigenvalue weighted by molar-refractivity contribution is 5.80. The van der Waals surface area contributed by atoms with Crippen LogP contribution in [0.5, 0.6) is 17.2 Å². The van der Waals surface area contributed by atoms with E-state index < -0.39 is 0 Å². The lowest BCUT2D eigenvalue weighted by molar-refractivity contribution is 0.411. The molecule has 0 spiro atoms. The van der Waals surface area contributed by atoms with Crippen molar-refractivity contribution >= 4 is 0 Å². The van der Waals surface area contributed by atoms with Gasteiger partial charge in [-0.2, -0.15) is 0 Å². The molecule has 118 valence electrons. The van der Waals surface area contributed by atoms with Crippen LogP contribution < -0.4 is 4.74 Å². The number of rotatable bonds is 2. The Kier molecular flexibility index (Phi) is 4.10. The number of benzene rings is 2. The van der Waals surface area contributed by atoms with Gasteiger partial charge >= 0.3 is 0 Å². The van der Waals surface area contributed by atoms with Crippen LogP contribution in [0, 0.1) is 13.8 Å². The molecule has 3 nitrogen and oxygen atoms in total. The molecule has 2 aromatic rings. The lowest BCUT2D eigenvalue weighted by atomic mass is 9.83. The first-order chi connectivity index (χ1) is 10.1. The van der Waals surface area contributed by atoms with Crippen molar-refractivity contribution in [3.63, 3.8) is 0 Å². The molecule has 0 saturated carbocycles. The third-order valence-corrected chi connectivity index (χ3v) is 3.86. The number of phenolic OH excluding ortho intramolecular Hbond substituents is 2. The average Bonchev–Trinajstić information content (AvgIpc) is 2.42. The Bertz CT molecular complexity index is 710. The van der Waals surface area contributed by atoms with E-state index in [1.807, 2.05) is 26.0 Å². The summed E-state index contributed by atoms with van der Waals surface area (Å²) in [7, 11) is 1.59. The van der Waals surface area contributed by atoms with E-state index in [1.165, 1.54) is 0 Å². The molecular weight excluding hydrogens is 276 g/mol. The van der Waals surface area contributed by atoms with Crippen LogP contribution in [-0.2, 0) is 5.41 Å². The Morgan fingerprint density at radius 3 is 2.00 bits per heavy atom. The van der Waals surface area contributed by atoms with Gasteiger partial charge < -0.3 is 14.9 Å². The van der Waals surface area contributed by atoms with Crippen molar-refractivity contribution < 1.29 is 14.9 Å². The number of hydrogen-bond donors (Lipinski definition) is 2. The van der Waals surface area contributed by atoms with Crippen LogP contribution in [0.15, 0.2) is 24.3 Å². The summed E-state index contributed by atoms with van der Waals surface area (Å²) >= 11 is 0. The van der Waals surface area contributed by atoms with Crippen LogP contribution in [0.2, 0.25) is 0 Å². The number of hydrogen-bond acceptors (Lipinski definition) is 3. The molecule has 0 saturated heterocycles. The molecule has 0 fully saturated rings. The van der Waals surface area contributed by atoms with Gasteiger partial charge in [0.1, 0.15) is 17.2 Å². The lowest BCUT2D eigenvalue weighted by Crippen LogP contribution is -2.12. The summed E-state index contributed by atoms with van der Waals surface area (Å²) in [4.78, 5) is 0. The number of aryl methyl sites for hydroxylation is 2. The molecule has 2 rings (SSSR count). The summed E-state index contributed by atoms with van der Waals surface area (Å²) in [6.07, 6.45) is 0.